The van der Waals surface area contributed by atoms with Crippen LogP contribution in [0.2, 0.25) is 0 Å². The molecule has 0 spiro atoms. The van der Waals surface area contributed by atoms with Crippen molar-refractivity contribution >= 4 is 0 Å². The fraction of sp³-hybridized carbons (Fsp3) is 0.800. The summed E-state index contributed by atoms with van der Waals surface area (Å²) in [6.45, 7) is 6.30. The molecular formula is C10H18O. The zero-order chi connectivity index (χ0) is 8.48. The van der Waals surface area contributed by atoms with Gasteiger partial charge in [-0.15, -0.1) is 0 Å². The molecule has 0 fully saturated rings. The first kappa shape index (κ1) is 8.79. The largest absolute Gasteiger partial charge is 0.389 e. The topological polar surface area (TPSA) is 20.2 Å². The molecule has 1 atom stereocenters. The smallest absolute Gasteiger partial charge is 0.0710 e. The molecule has 64 valence electrons. The Morgan fingerprint density at radius 1 is 1.55 bits per heavy atom. The SMILES string of the molecule is CC1=CCC[C@](O)(C(C)C)C1. The lowest BCUT2D eigenvalue weighted by Gasteiger charge is -2.35. The van der Waals surface area contributed by atoms with Crippen molar-refractivity contribution in [2.45, 2.75) is 45.6 Å². The van der Waals surface area contributed by atoms with E-state index in [0.29, 0.717) is 5.92 Å². The fourth-order valence-corrected chi connectivity index (χ4v) is 1.70. The number of rotatable bonds is 1. The fourth-order valence-electron chi connectivity index (χ4n) is 1.70. The maximum absolute atomic E-state index is 10.1. The lowest BCUT2D eigenvalue weighted by atomic mass is 9.77. The highest BCUT2D eigenvalue weighted by atomic mass is 16.3. The van der Waals surface area contributed by atoms with E-state index in [1.807, 2.05) is 0 Å². The Balaban J connectivity index is 2.68. The maximum atomic E-state index is 10.1. The summed E-state index contributed by atoms with van der Waals surface area (Å²) in [5, 5.41) is 10.1. The van der Waals surface area contributed by atoms with Crippen LogP contribution in [-0.4, -0.2) is 10.7 Å². The first-order chi connectivity index (χ1) is 5.04. The second kappa shape index (κ2) is 2.98. The molecule has 1 aliphatic carbocycles. The van der Waals surface area contributed by atoms with E-state index in [2.05, 4.69) is 26.8 Å². The summed E-state index contributed by atoms with van der Waals surface area (Å²) in [5.41, 5.74) is 0.922. The van der Waals surface area contributed by atoms with E-state index in [0.717, 1.165) is 19.3 Å². The highest BCUT2D eigenvalue weighted by Crippen LogP contribution is 2.33. The van der Waals surface area contributed by atoms with Crippen molar-refractivity contribution in [1.82, 2.24) is 0 Å². The summed E-state index contributed by atoms with van der Waals surface area (Å²) < 4.78 is 0. The third-order valence-electron chi connectivity index (χ3n) is 2.73. The van der Waals surface area contributed by atoms with Gasteiger partial charge in [0, 0.05) is 0 Å². The lowest BCUT2D eigenvalue weighted by Crippen LogP contribution is -2.36. The van der Waals surface area contributed by atoms with Gasteiger partial charge in [-0.1, -0.05) is 25.5 Å². The van der Waals surface area contributed by atoms with Crippen molar-refractivity contribution in [3.63, 3.8) is 0 Å². The molecule has 0 aliphatic heterocycles. The van der Waals surface area contributed by atoms with Crippen LogP contribution in [0.1, 0.15) is 40.0 Å². The summed E-state index contributed by atoms with van der Waals surface area (Å²) in [6, 6.07) is 0. The Labute approximate surface area is 69.1 Å². The Morgan fingerprint density at radius 2 is 2.18 bits per heavy atom. The van der Waals surface area contributed by atoms with Crippen LogP contribution in [0.4, 0.5) is 0 Å². The number of hydrogen-bond donors (Lipinski definition) is 1. The van der Waals surface area contributed by atoms with Gasteiger partial charge in [-0.3, -0.25) is 0 Å². The van der Waals surface area contributed by atoms with Gasteiger partial charge in [-0.05, 0) is 32.1 Å². The Kier molecular flexibility index (Phi) is 2.38. The summed E-state index contributed by atoms with van der Waals surface area (Å²) in [7, 11) is 0. The minimum absolute atomic E-state index is 0.381. The van der Waals surface area contributed by atoms with Crippen LogP contribution in [0.5, 0.6) is 0 Å². The van der Waals surface area contributed by atoms with Crippen molar-refractivity contribution in [2.75, 3.05) is 0 Å². The van der Waals surface area contributed by atoms with Crippen molar-refractivity contribution < 1.29 is 5.11 Å². The van der Waals surface area contributed by atoms with Gasteiger partial charge in [-0.2, -0.15) is 0 Å². The number of hydrogen-bond acceptors (Lipinski definition) is 1. The Morgan fingerprint density at radius 3 is 2.55 bits per heavy atom. The minimum atomic E-state index is -0.418. The zero-order valence-electron chi connectivity index (χ0n) is 7.72. The summed E-state index contributed by atoms with van der Waals surface area (Å²) in [6.07, 6.45) is 5.07. The van der Waals surface area contributed by atoms with Gasteiger partial charge in [0.25, 0.3) is 0 Å². The molecule has 11 heavy (non-hydrogen) atoms. The van der Waals surface area contributed by atoms with E-state index in [9.17, 15) is 5.11 Å². The van der Waals surface area contributed by atoms with Crippen molar-refractivity contribution in [3.8, 4) is 0 Å². The van der Waals surface area contributed by atoms with Gasteiger partial charge in [-0.25, -0.2) is 0 Å². The normalized spacial score (nSPS) is 32.3. The van der Waals surface area contributed by atoms with Crippen LogP contribution in [0.25, 0.3) is 0 Å². The van der Waals surface area contributed by atoms with E-state index in [1.54, 1.807) is 0 Å². The van der Waals surface area contributed by atoms with Gasteiger partial charge in [0.05, 0.1) is 5.60 Å². The third kappa shape index (κ3) is 1.84. The van der Waals surface area contributed by atoms with E-state index >= 15 is 0 Å². The van der Waals surface area contributed by atoms with E-state index in [-0.39, 0.29) is 0 Å². The highest BCUT2D eigenvalue weighted by molar-refractivity contribution is 5.09. The van der Waals surface area contributed by atoms with Crippen LogP contribution in [0.3, 0.4) is 0 Å². The van der Waals surface area contributed by atoms with Gasteiger partial charge >= 0.3 is 0 Å². The van der Waals surface area contributed by atoms with Crippen molar-refractivity contribution in [3.05, 3.63) is 11.6 Å². The summed E-state index contributed by atoms with van der Waals surface area (Å²) in [4.78, 5) is 0. The molecular weight excluding hydrogens is 136 g/mol. The van der Waals surface area contributed by atoms with E-state index in [1.165, 1.54) is 5.57 Å². The standard InChI is InChI=1S/C10H18O/c1-8(2)10(11)6-4-5-9(3)7-10/h5,8,11H,4,6-7H2,1-3H3/t10-/m1/s1. The minimum Gasteiger partial charge on any atom is -0.389 e. The van der Waals surface area contributed by atoms with Crippen LogP contribution < -0.4 is 0 Å². The molecule has 1 nitrogen and oxygen atoms in total. The molecule has 0 saturated heterocycles. The highest BCUT2D eigenvalue weighted by Gasteiger charge is 2.32. The lowest BCUT2D eigenvalue weighted by molar-refractivity contribution is -0.0157. The van der Waals surface area contributed by atoms with Gasteiger partial charge in [0.1, 0.15) is 0 Å². The zero-order valence-corrected chi connectivity index (χ0v) is 7.72. The molecule has 0 aromatic carbocycles. The van der Waals surface area contributed by atoms with Crippen molar-refractivity contribution in [2.24, 2.45) is 5.92 Å². The van der Waals surface area contributed by atoms with E-state index < -0.39 is 5.60 Å². The second-order valence-corrected chi connectivity index (χ2v) is 4.02. The molecule has 1 aliphatic rings. The number of aliphatic hydroxyl groups is 1. The average Bonchev–Trinajstić information content (AvgIpc) is 1.86. The van der Waals surface area contributed by atoms with E-state index in [4.69, 9.17) is 0 Å². The molecule has 0 saturated carbocycles. The second-order valence-electron chi connectivity index (χ2n) is 4.02. The molecule has 1 heteroatoms. The van der Waals surface area contributed by atoms with Gasteiger partial charge in [0.2, 0.25) is 0 Å². The monoisotopic (exact) mass is 154 g/mol. The molecule has 0 amide bonds. The van der Waals surface area contributed by atoms with Crippen LogP contribution in [0.15, 0.2) is 11.6 Å². The van der Waals surface area contributed by atoms with Crippen molar-refractivity contribution in [1.29, 1.82) is 0 Å². The quantitative estimate of drug-likeness (QED) is 0.575. The summed E-state index contributed by atoms with van der Waals surface area (Å²) in [5.74, 6) is 0.381. The van der Waals surface area contributed by atoms with Gasteiger partial charge < -0.3 is 5.11 Å². The van der Waals surface area contributed by atoms with Gasteiger partial charge in [0.15, 0.2) is 0 Å². The predicted octanol–water partition coefficient (Wildman–Crippen LogP) is 2.50. The maximum Gasteiger partial charge on any atom is 0.0710 e. The molecule has 1 N–H and O–H groups in total. The first-order valence-corrected chi connectivity index (χ1v) is 4.42. The van der Waals surface area contributed by atoms with Crippen LogP contribution >= 0.6 is 0 Å². The molecule has 0 bridgehead atoms. The molecule has 0 radical (unpaired) electrons. The number of allylic oxidation sites excluding steroid dienone is 1. The Bertz CT molecular complexity index is 170. The summed E-state index contributed by atoms with van der Waals surface area (Å²) >= 11 is 0. The third-order valence-corrected chi connectivity index (χ3v) is 2.73. The Hall–Kier alpha value is -0.300. The molecule has 0 unspecified atom stereocenters. The van der Waals surface area contributed by atoms with Crippen LogP contribution in [0, 0.1) is 5.92 Å². The van der Waals surface area contributed by atoms with Crippen LogP contribution in [-0.2, 0) is 0 Å². The average molecular weight is 154 g/mol. The molecule has 1 rings (SSSR count). The predicted molar refractivity (Wildman–Crippen MR) is 47.4 cm³/mol. The first-order valence-electron chi connectivity index (χ1n) is 4.42. The molecule has 0 aromatic heterocycles. The molecule has 0 aromatic rings. The molecule has 0 heterocycles.